The van der Waals surface area contributed by atoms with Crippen molar-refractivity contribution < 1.29 is 14.3 Å². The van der Waals surface area contributed by atoms with Gasteiger partial charge in [-0.2, -0.15) is 0 Å². The van der Waals surface area contributed by atoms with Crippen molar-refractivity contribution in [2.75, 3.05) is 20.2 Å². The Morgan fingerprint density at radius 2 is 2.07 bits per heavy atom. The topological polar surface area (TPSA) is 58.6 Å². The van der Waals surface area contributed by atoms with Crippen LogP contribution in [0.2, 0.25) is 5.02 Å². The van der Waals surface area contributed by atoms with Gasteiger partial charge >= 0.3 is 0 Å². The number of benzene rings is 2. The fourth-order valence-corrected chi connectivity index (χ4v) is 4.29. The lowest BCUT2D eigenvalue weighted by Crippen LogP contribution is -2.36. The van der Waals surface area contributed by atoms with E-state index in [1.54, 1.807) is 19.2 Å². The highest BCUT2D eigenvalue weighted by Crippen LogP contribution is 2.39. The second kappa shape index (κ2) is 7.47. The van der Waals surface area contributed by atoms with Crippen LogP contribution in [0, 0.1) is 6.92 Å². The van der Waals surface area contributed by atoms with Gasteiger partial charge in [-0.1, -0.05) is 23.7 Å². The third-order valence-corrected chi connectivity index (χ3v) is 6.15. The SMILES string of the molecule is CNC(=O)c1ccc(Cc2cc3c(c(Cl)c2C)OC[C@@H]2CCCN2C3=O)cc1. The molecule has 1 N–H and O–H groups in total. The van der Waals surface area contributed by atoms with E-state index in [0.29, 0.717) is 34.9 Å². The molecule has 5 nitrogen and oxygen atoms in total. The first-order valence-electron chi connectivity index (χ1n) is 9.56. The van der Waals surface area contributed by atoms with E-state index in [9.17, 15) is 9.59 Å². The molecule has 2 amide bonds. The van der Waals surface area contributed by atoms with Crippen LogP contribution in [0.5, 0.6) is 5.75 Å². The number of rotatable bonds is 3. The lowest BCUT2D eigenvalue weighted by Gasteiger charge is -2.20. The molecule has 0 unspecified atom stereocenters. The van der Waals surface area contributed by atoms with Gasteiger partial charge in [0.2, 0.25) is 0 Å². The van der Waals surface area contributed by atoms with Crippen LogP contribution in [0.25, 0.3) is 0 Å². The summed E-state index contributed by atoms with van der Waals surface area (Å²) in [5.74, 6) is 0.407. The molecular weight excluding hydrogens is 376 g/mol. The van der Waals surface area contributed by atoms with Crippen LogP contribution >= 0.6 is 11.6 Å². The van der Waals surface area contributed by atoms with Crippen LogP contribution in [0.1, 0.15) is 50.2 Å². The zero-order chi connectivity index (χ0) is 19.8. The molecule has 1 atom stereocenters. The number of halogens is 1. The summed E-state index contributed by atoms with van der Waals surface area (Å²) in [7, 11) is 1.61. The van der Waals surface area contributed by atoms with Gasteiger partial charge < -0.3 is 15.0 Å². The molecule has 2 aliphatic rings. The van der Waals surface area contributed by atoms with Gasteiger partial charge in [0, 0.05) is 19.2 Å². The van der Waals surface area contributed by atoms with Crippen molar-refractivity contribution in [2.24, 2.45) is 0 Å². The van der Waals surface area contributed by atoms with Crippen molar-refractivity contribution >= 4 is 23.4 Å². The quantitative estimate of drug-likeness (QED) is 0.859. The molecule has 28 heavy (non-hydrogen) atoms. The molecule has 0 aliphatic carbocycles. The number of carbonyl (C=O) groups is 2. The predicted octanol–water partition coefficient (Wildman–Crippen LogP) is 3.60. The van der Waals surface area contributed by atoms with E-state index in [1.807, 2.05) is 30.0 Å². The van der Waals surface area contributed by atoms with Crippen LogP contribution in [0.15, 0.2) is 30.3 Å². The van der Waals surface area contributed by atoms with E-state index in [1.165, 1.54) is 0 Å². The molecule has 146 valence electrons. The third kappa shape index (κ3) is 3.24. The first-order valence-corrected chi connectivity index (χ1v) is 9.94. The molecule has 2 aromatic rings. The van der Waals surface area contributed by atoms with Gasteiger partial charge in [-0.3, -0.25) is 9.59 Å². The highest BCUT2D eigenvalue weighted by molar-refractivity contribution is 6.33. The summed E-state index contributed by atoms with van der Waals surface area (Å²) in [6, 6.07) is 9.52. The monoisotopic (exact) mass is 398 g/mol. The number of carbonyl (C=O) groups excluding carboxylic acids is 2. The summed E-state index contributed by atoms with van der Waals surface area (Å²) in [5, 5.41) is 3.14. The van der Waals surface area contributed by atoms with Crippen molar-refractivity contribution in [3.63, 3.8) is 0 Å². The molecule has 2 heterocycles. The highest BCUT2D eigenvalue weighted by Gasteiger charge is 2.35. The Balaban J connectivity index is 1.67. The van der Waals surface area contributed by atoms with Gasteiger partial charge in [0.25, 0.3) is 11.8 Å². The lowest BCUT2D eigenvalue weighted by molar-refractivity contribution is 0.0726. The molecule has 2 aliphatic heterocycles. The number of hydrogen-bond donors (Lipinski definition) is 1. The maximum absolute atomic E-state index is 13.1. The highest BCUT2D eigenvalue weighted by atomic mass is 35.5. The molecule has 0 saturated carbocycles. The van der Waals surface area contributed by atoms with Crippen molar-refractivity contribution in [3.8, 4) is 5.75 Å². The van der Waals surface area contributed by atoms with Crippen LogP contribution < -0.4 is 10.1 Å². The Morgan fingerprint density at radius 1 is 1.32 bits per heavy atom. The average molecular weight is 399 g/mol. The summed E-state index contributed by atoms with van der Waals surface area (Å²) in [4.78, 5) is 26.7. The Kier molecular flexibility index (Phi) is 5.02. The molecular formula is C22H23ClN2O3. The van der Waals surface area contributed by atoms with Crippen LogP contribution in [0.4, 0.5) is 0 Å². The molecule has 0 aromatic heterocycles. The van der Waals surface area contributed by atoms with Crippen LogP contribution in [0.3, 0.4) is 0 Å². The fraction of sp³-hybridized carbons (Fsp3) is 0.364. The normalized spacial score (nSPS) is 18.2. The predicted molar refractivity (Wildman–Crippen MR) is 108 cm³/mol. The van der Waals surface area contributed by atoms with Crippen molar-refractivity contribution in [3.05, 3.63) is 63.2 Å². The zero-order valence-corrected chi connectivity index (χ0v) is 16.8. The van der Waals surface area contributed by atoms with Gasteiger partial charge in [-0.25, -0.2) is 0 Å². The molecule has 6 heteroatoms. The molecule has 0 spiro atoms. The molecule has 1 saturated heterocycles. The van der Waals surface area contributed by atoms with E-state index in [4.69, 9.17) is 16.3 Å². The second-order valence-electron chi connectivity index (χ2n) is 7.41. The maximum Gasteiger partial charge on any atom is 0.258 e. The molecule has 4 rings (SSSR count). The smallest absolute Gasteiger partial charge is 0.258 e. The maximum atomic E-state index is 13.1. The first kappa shape index (κ1) is 18.8. The summed E-state index contributed by atoms with van der Waals surface area (Å²) in [6.45, 7) is 3.23. The van der Waals surface area contributed by atoms with Crippen molar-refractivity contribution in [1.82, 2.24) is 10.2 Å². The Labute approximate surface area is 169 Å². The summed E-state index contributed by atoms with van der Waals surface area (Å²) < 4.78 is 5.97. The number of ether oxygens (including phenoxy) is 1. The van der Waals surface area contributed by atoms with E-state index in [0.717, 1.165) is 36.1 Å². The van der Waals surface area contributed by atoms with Gasteiger partial charge in [0.15, 0.2) is 5.75 Å². The lowest BCUT2D eigenvalue weighted by atomic mass is 9.96. The Morgan fingerprint density at radius 3 is 2.79 bits per heavy atom. The van der Waals surface area contributed by atoms with E-state index < -0.39 is 0 Å². The summed E-state index contributed by atoms with van der Waals surface area (Å²) >= 11 is 6.61. The number of nitrogens with one attached hydrogen (secondary N) is 1. The van der Waals surface area contributed by atoms with Crippen LogP contribution in [-0.2, 0) is 6.42 Å². The average Bonchev–Trinajstić information content (AvgIpc) is 3.14. The van der Waals surface area contributed by atoms with E-state index >= 15 is 0 Å². The van der Waals surface area contributed by atoms with Gasteiger partial charge in [0.05, 0.1) is 16.6 Å². The molecule has 0 radical (unpaired) electrons. The molecule has 1 fully saturated rings. The molecule has 0 bridgehead atoms. The number of amides is 2. The van der Waals surface area contributed by atoms with Gasteiger partial charge in [-0.05, 0) is 61.1 Å². The summed E-state index contributed by atoms with van der Waals surface area (Å²) in [5.41, 5.74) is 4.13. The van der Waals surface area contributed by atoms with Crippen molar-refractivity contribution in [2.45, 2.75) is 32.2 Å². The van der Waals surface area contributed by atoms with Gasteiger partial charge in [0.1, 0.15) is 6.61 Å². The number of nitrogens with zero attached hydrogens (tertiary/aromatic N) is 1. The van der Waals surface area contributed by atoms with Crippen LogP contribution in [-0.4, -0.2) is 43.0 Å². The minimum absolute atomic E-state index is 0.00751. The van der Waals surface area contributed by atoms with Gasteiger partial charge in [-0.15, -0.1) is 0 Å². The van der Waals surface area contributed by atoms with E-state index in [-0.39, 0.29) is 17.9 Å². The third-order valence-electron chi connectivity index (χ3n) is 5.70. The summed E-state index contributed by atoms with van der Waals surface area (Å²) in [6.07, 6.45) is 2.61. The fourth-order valence-electron chi connectivity index (χ4n) is 4.01. The Bertz CT molecular complexity index is 940. The second-order valence-corrected chi connectivity index (χ2v) is 7.79. The Hall–Kier alpha value is -2.53. The number of fused-ring (bicyclic) bond motifs is 2. The standard InChI is InChI=1S/C22H23ClN2O3/c1-13-16(10-14-5-7-15(8-6-14)21(26)24-2)11-18-20(19(13)23)28-12-17-4-3-9-25(17)22(18)27/h5-8,11,17H,3-4,9-10,12H2,1-2H3,(H,24,26)/t17-/m0/s1. The first-order chi connectivity index (χ1) is 13.5. The minimum Gasteiger partial charge on any atom is -0.489 e. The minimum atomic E-state index is -0.112. The number of hydrogen-bond acceptors (Lipinski definition) is 3. The zero-order valence-electron chi connectivity index (χ0n) is 16.0. The van der Waals surface area contributed by atoms with Crippen molar-refractivity contribution in [1.29, 1.82) is 0 Å². The van der Waals surface area contributed by atoms with E-state index in [2.05, 4.69) is 5.32 Å². The molecule has 2 aromatic carbocycles. The largest absolute Gasteiger partial charge is 0.489 e.